The fraction of sp³-hybridized carbons (Fsp3) is 0.455. The molecule has 0 bridgehead atoms. The third kappa shape index (κ3) is 6.00. The number of nitriles is 1. The molecule has 2 heterocycles. The molecule has 1 saturated heterocycles. The van der Waals surface area contributed by atoms with Gasteiger partial charge >= 0.3 is 0 Å². The van der Waals surface area contributed by atoms with E-state index in [4.69, 9.17) is 0 Å². The van der Waals surface area contributed by atoms with Crippen molar-refractivity contribution < 1.29 is 9.59 Å². The number of amides is 2. The molecule has 2 amide bonds. The standard InChI is InChI=1S/C33H39N5O3/c1-33(2,3)22-15-17-24(18-16-22)38(32(41)28-14-9-19-37(28)21-34)30(31(40)35-23-10-5-4-6-11-23)26-20-29(39)36-27-13-8-7-12-25(26)27/h7-8,12-13,15-18,20,23,28,30H,4-6,9-11,14,19H2,1-3H3,(H,35,40)(H,36,39)/t28-,30?/m1/s1. The van der Waals surface area contributed by atoms with Gasteiger partial charge < -0.3 is 10.3 Å². The van der Waals surface area contributed by atoms with Crippen molar-refractivity contribution in [2.75, 3.05) is 11.4 Å². The quantitative estimate of drug-likeness (QED) is 0.403. The van der Waals surface area contributed by atoms with Crippen LogP contribution in [0.25, 0.3) is 10.9 Å². The molecule has 2 aliphatic rings. The van der Waals surface area contributed by atoms with Gasteiger partial charge in [-0.2, -0.15) is 5.26 Å². The van der Waals surface area contributed by atoms with Crippen molar-refractivity contribution in [2.45, 2.75) is 89.3 Å². The van der Waals surface area contributed by atoms with Crippen LogP contribution in [-0.4, -0.2) is 40.3 Å². The van der Waals surface area contributed by atoms with Crippen molar-refractivity contribution in [3.63, 3.8) is 0 Å². The molecule has 2 aromatic carbocycles. The van der Waals surface area contributed by atoms with Gasteiger partial charge in [0.2, 0.25) is 11.5 Å². The Hall–Kier alpha value is -4.12. The second-order valence-corrected chi connectivity index (χ2v) is 12.3. The molecule has 1 aromatic heterocycles. The van der Waals surface area contributed by atoms with Crippen LogP contribution >= 0.6 is 0 Å². The summed E-state index contributed by atoms with van der Waals surface area (Å²) in [5.41, 5.74) is 2.27. The molecule has 1 unspecified atom stereocenters. The largest absolute Gasteiger partial charge is 0.351 e. The minimum atomic E-state index is -1.10. The molecule has 5 rings (SSSR count). The van der Waals surface area contributed by atoms with Crippen LogP contribution < -0.4 is 15.8 Å². The van der Waals surface area contributed by atoms with Gasteiger partial charge in [0.25, 0.3) is 5.91 Å². The van der Waals surface area contributed by atoms with Gasteiger partial charge in [-0.05, 0) is 60.4 Å². The Balaban J connectivity index is 1.69. The number of para-hydroxylation sites is 1. The van der Waals surface area contributed by atoms with Crippen LogP contribution in [-0.2, 0) is 15.0 Å². The number of aromatic nitrogens is 1. The number of nitrogens with zero attached hydrogens (tertiary/aromatic N) is 3. The van der Waals surface area contributed by atoms with Gasteiger partial charge in [-0.25, -0.2) is 0 Å². The molecule has 41 heavy (non-hydrogen) atoms. The third-order valence-electron chi connectivity index (χ3n) is 8.45. The molecule has 0 radical (unpaired) electrons. The van der Waals surface area contributed by atoms with E-state index in [0.29, 0.717) is 41.5 Å². The number of carbonyl (C=O) groups excluding carboxylic acids is 2. The number of aromatic amines is 1. The Morgan fingerprint density at radius 2 is 1.73 bits per heavy atom. The average Bonchev–Trinajstić information content (AvgIpc) is 3.44. The number of rotatable bonds is 6. The maximum Gasteiger partial charge on any atom is 0.251 e. The zero-order valence-electron chi connectivity index (χ0n) is 24.2. The highest BCUT2D eigenvalue weighted by Gasteiger charge is 2.41. The molecule has 1 aliphatic carbocycles. The first-order valence-electron chi connectivity index (χ1n) is 14.7. The Bertz CT molecular complexity index is 1510. The molecule has 2 atom stereocenters. The normalized spacial score (nSPS) is 18.6. The Kier molecular flexibility index (Phi) is 8.16. The molecular formula is C33H39N5O3. The zero-order valence-corrected chi connectivity index (χ0v) is 24.2. The Morgan fingerprint density at radius 1 is 1.02 bits per heavy atom. The summed E-state index contributed by atoms with van der Waals surface area (Å²) < 4.78 is 0. The fourth-order valence-corrected chi connectivity index (χ4v) is 6.21. The minimum Gasteiger partial charge on any atom is -0.351 e. The number of benzene rings is 2. The van der Waals surface area contributed by atoms with Crippen molar-refractivity contribution in [1.82, 2.24) is 15.2 Å². The number of pyridine rings is 1. The number of likely N-dealkylation sites (tertiary alicyclic amines) is 1. The summed E-state index contributed by atoms with van der Waals surface area (Å²) in [7, 11) is 0. The summed E-state index contributed by atoms with van der Waals surface area (Å²) in [6.45, 7) is 6.86. The van der Waals surface area contributed by atoms with Crippen LogP contribution in [0.5, 0.6) is 0 Å². The molecular weight excluding hydrogens is 514 g/mol. The van der Waals surface area contributed by atoms with Gasteiger partial charge in [0.1, 0.15) is 12.1 Å². The zero-order chi connectivity index (χ0) is 29.1. The summed E-state index contributed by atoms with van der Waals surface area (Å²) in [4.78, 5) is 47.7. The number of H-pyrrole nitrogens is 1. The van der Waals surface area contributed by atoms with Gasteiger partial charge in [-0.1, -0.05) is 70.4 Å². The number of hydrogen-bond donors (Lipinski definition) is 2. The van der Waals surface area contributed by atoms with Gasteiger partial charge in [-0.15, -0.1) is 0 Å². The van der Waals surface area contributed by atoms with E-state index in [1.165, 1.54) is 15.9 Å². The SMILES string of the molecule is CC(C)(C)c1ccc(N(C(=O)[C@H]2CCCN2C#N)C(C(=O)NC2CCCCC2)c2cc(=O)[nH]c3ccccc23)cc1. The maximum atomic E-state index is 14.5. The fourth-order valence-electron chi connectivity index (χ4n) is 6.21. The van der Waals surface area contributed by atoms with Gasteiger partial charge in [-0.3, -0.25) is 24.2 Å². The van der Waals surface area contributed by atoms with Crippen molar-refractivity contribution in [1.29, 1.82) is 5.26 Å². The molecule has 1 aliphatic heterocycles. The monoisotopic (exact) mass is 553 g/mol. The second kappa shape index (κ2) is 11.8. The average molecular weight is 554 g/mol. The van der Waals surface area contributed by atoms with Crippen molar-refractivity contribution in [2.24, 2.45) is 0 Å². The number of anilines is 1. The van der Waals surface area contributed by atoms with Crippen LogP contribution in [0.3, 0.4) is 0 Å². The summed E-state index contributed by atoms with van der Waals surface area (Å²) >= 11 is 0. The maximum absolute atomic E-state index is 14.5. The molecule has 3 aromatic rings. The first-order valence-corrected chi connectivity index (χ1v) is 14.7. The molecule has 8 heteroatoms. The van der Waals surface area contributed by atoms with Gasteiger partial charge in [0, 0.05) is 35.2 Å². The van der Waals surface area contributed by atoms with E-state index < -0.39 is 12.1 Å². The Labute approximate surface area is 241 Å². The lowest BCUT2D eigenvalue weighted by atomic mass is 9.87. The molecule has 0 spiro atoms. The summed E-state index contributed by atoms with van der Waals surface area (Å²) in [5, 5.41) is 13.7. The third-order valence-corrected chi connectivity index (χ3v) is 8.45. The van der Waals surface area contributed by atoms with E-state index in [2.05, 4.69) is 37.3 Å². The predicted octanol–water partition coefficient (Wildman–Crippen LogP) is 5.29. The number of nitrogens with one attached hydrogen (secondary N) is 2. The van der Waals surface area contributed by atoms with Crippen LogP contribution in [0, 0.1) is 11.5 Å². The Morgan fingerprint density at radius 3 is 2.41 bits per heavy atom. The van der Waals surface area contributed by atoms with Gasteiger partial charge in [0.05, 0.1) is 0 Å². The highest BCUT2D eigenvalue weighted by Crippen LogP contribution is 2.35. The van der Waals surface area contributed by atoms with Crippen molar-refractivity contribution in [3.8, 4) is 6.19 Å². The first-order chi connectivity index (χ1) is 19.7. The second-order valence-electron chi connectivity index (χ2n) is 12.3. The summed E-state index contributed by atoms with van der Waals surface area (Å²) in [6, 6.07) is 14.7. The number of fused-ring (bicyclic) bond motifs is 1. The van der Waals surface area contributed by atoms with E-state index >= 15 is 0 Å². The predicted molar refractivity (Wildman–Crippen MR) is 160 cm³/mol. The molecule has 2 fully saturated rings. The number of carbonyl (C=O) groups is 2. The van der Waals surface area contributed by atoms with E-state index in [1.54, 1.807) is 6.07 Å². The van der Waals surface area contributed by atoms with Crippen molar-refractivity contribution in [3.05, 3.63) is 76.1 Å². The van der Waals surface area contributed by atoms with E-state index in [-0.39, 0.29) is 28.8 Å². The van der Waals surface area contributed by atoms with Crippen LogP contribution in [0.2, 0.25) is 0 Å². The molecule has 2 N–H and O–H groups in total. The minimum absolute atomic E-state index is 0.00863. The molecule has 1 saturated carbocycles. The highest BCUT2D eigenvalue weighted by atomic mass is 16.2. The van der Waals surface area contributed by atoms with Crippen molar-refractivity contribution >= 4 is 28.4 Å². The van der Waals surface area contributed by atoms with Gasteiger partial charge in [0.15, 0.2) is 6.19 Å². The molecule has 8 nitrogen and oxygen atoms in total. The lowest BCUT2D eigenvalue weighted by molar-refractivity contribution is -0.128. The first kappa shape index (κ1) is 28.4. The summed E-state index contributed by atoms with van der Waals surface area (Å²) in [6.07, 6.45) is 8.40. The van der Waals surface area contributed by atoms with E-state index in [1.807, 2.05) is 42.5 Å². The van der Waals surface area contributed by atoms with E-state index in [0.717, 1.165) is 37.7 Å². The van der Waals surface area contributed by atoms with E-state index in [9.17, 15) is 19.6 Å². The lowest BCUT2D eigenvalue weighted by Gasteiger charge is -2.36. The molecule has 214 valence electrons. The van der Waals surface area contributed by atoms with Crippen LogP contribution in [0.4, 0.5) is 5.69 Å². The smallest absolute Gasteiger partial charge is 0.251 e. The summed E-state index contributed by atoms with van der Waals surface area (Å²) in [5.74, 6) is -0.636. The van der Waals surface area contributed by atoms with Crippen LogP contribution in [0.15, 0.2) is 59.4 Å². The highest BCUT2D eigenvalue weighted by molar-refractivity contribution is 6.05. The topological polar surface area (TPSA) is 109 Å². The lowest BCUT2D eigenvalue weighted by Crippen LogP contribution is -2.52. The number of hydrogen-bond acceptors (Lipinski definition) is 5. The van der Waals surface area contributed by atoms with Crippen LogP contribution in [0.1, 0.15) is 82.9 Å².